The number of carbonyl (C=O) groups is 2. The van der Waals surface area contributed by atoms with E-state index in [1.807, 2.05) is 0 Å². The first-order chi connectivity index (χ1) is 8.11. The molecule has 0 aromatic heterocycles. The maximum Gasteiger partial charge on any atom is 0.311 e. The molecule has 5 nitrogen and oxygen atoms in total. The van der Waals surface area contributed by atoms with Crippen molar-refractivity contribution in [3.8, 4) is 5.75 Å². The number of amides is 1. The first-order valence-corrected chi connectivity index (χ1v) is 5.29. The molecule has 2 rings (SSSR count). The Hall–Kier alpha value is -2.04. The molecule has 0 radical (unpaired) electrons. The summed E-state index contributed by atoms with van der Waals surface area (Å²) in [6, 6.07) is 6.31. The number of phenols is 1. The van der Waals surface area contributed by atoms with E-state index < -0.39 is 5.92 Å². The van der Waals surface area contributed by atoms with E-state index in [9.17, 15) is 9.59 Å². The zero-order valence-electron chi connectivity index (χ0n) is 9.42. The monoisotopic (exact) mass is 235 g/mol. The van der Waals surface area contributed by atoms with Crippen LogP contribution >= 0.6 is 0 Å². The normalized spacial score (nSPS) is 19.5. The van der Waals surface area contributed by atoms with Crippen molar-refractivity contribution in [1.82, 2.24) is 0 Å². The van der Waals surface area contributed by atoms with E-state index >= 15 is 0 Å². The zero-order chi connectivity index (χ0) is 12.4. The molecule has 1 N–H and O–H groups in total. The molecule has 1 amide bonds. The Morgan fingerprint density at radius 1 is 1.41 bits per heavy atom. The number of esters is 1. The number of ether oxygens (including phenoxy) is 1. The molecule has 0 bridgehead atoms. The Labute approximate surface area is 98.6 Å². The number of benzene rings is 1. The van der Waals surface area contributed by atoms with Crippen molar-refractivity contribution < 1.29 is 19.4 Å². The number of rotatable bonds is 2. The molecular formula is C12H13NO4. The van der Waals surface area contributed by atoms with Gasteiger partial charge in [0.05, 0.1) is 13.0 Å². The van der Waals surface area contributed by atoms with Crippen molar-refractivity contribution in [2.24, 2.45) is 5.92 Å². The molecule has 1 aliphatic rings. The topological polar surface area (TPSA) is 66.8 Å². The summed E-state index contributed by atoms with van der Waals surface area (Å²) >= 11 is 0. The third-order valence-electron chi connectivity index (χ3n) is 2.82. The van der Waals surface area contributed by atoms with Gasteiger partial charge in [0, 0.05) is 18.7 Å². The molecule has 90 valence electrons. The molecule has 1 atom stereocenters. The SMILES string of the molecule is COC(=O)[C@H]1CC(=O)N(c2ccc(O)cc2)C1. The van der Waals surface area contributed by atoms with Gasteiger partial charge in [-0.05, 0) is 24.3 Å². The van der Waals surface area contributed by atoms with Gasteiger partial charge in [0.15, 0.2) is 0 Å². The maximum atomic E-state index is 11.7. The van der Waals surface area contributed by atoms with E-state index in [1.165, 1.54) is 24.1 Å². The van der Waals surface area contributed by atoms with Crippen LogP contribution in [0, 0.1) is 5.92 Å². The Bertz CT molecular complexity index is 440. The van der Waals surface area contributed by atoms with Crippen molar-refractivity contribution in [3.05, 3.63) is 24.3 Å². The van der Waals surface area contributed by atoms with Gasteiger partial charge in [-0.25, -0.2) is 0 Å². The van der Waals surface area contributed by atoms with Crippen molar-refractivity contribution in [3.63, 3.8) is 0 Å². The largest absolute Gasteiger partial charge is 0.508 e. The summed E-state index contributed by atoms with van der Waals surface area (Å²) in [4.78, 5) is 24.6. The highest BCUT2D eigenvalue weighted by Crippen LogP contribution is 2.26. The summed E-state index contributed by atoms with van der Waals surface area (Å²) in [7, 11) is 1.32. The van der Waals surface area contributed by atoms with Crippen LogP contribution in [0.1, 0.15) is 6.42 Å². The number of methoxy groups -OCH3 is 1. The number of hydrogen-bond acceptors (Lipinski definition) is 4. The highest BCUT2D eigenvalue weighted by molar-refractivity contribution is 5.99. The molecule has 1 aromatic carbocycles. The van der Waals surface area contributed by atoms with E-state index in [1.54, 1.807) is 12.1 Å². The molecule has 1 fully saturated rings. The van der Waals surface area contributed by atoms with Crippen molar-refractivity contribution >= 4 is 17.6 Å². The molecule has 1 heterocycles. The summed E-state index contributed by atoms with van der Waals surface area (Å²) < 4.78 is 4.63. The lowest BCUT2D eigenvalue weighted by Crippen LogP contribution is -2.26. The van der Waals surface area contributed by atoms with Crippen LogP contribution in [-0.4, -0.2) is 30.6 Å². The molecule has 1 aliphatic heterocycles. The van der Waals surface area contributed by atoms with Gasteiger partial charge in [0.25, 0.3) is 0 Å². The minimum Gasteiger partial charge on any atom is -0.508 e. The van der Waals surface area contributed by atoms with Crippen molar-refractivity contribution in [2.75, 3.05) is 18.6 Å². The second-order valence-electron chi connectivity index (χ2n) is 3.94. The molecule has 1 saturated heterocycles. The van der Waals surface area contributed by atoms with Crippen LogP contribution in [0.15, 0.2) is 24.3 Å². The van der Waals surface area contributed by atoms with Crippen LogP contribution in [0.4, 0.5) is 5.69 Å². The minimum atomic E-state index is -0.402. The van der Waals surface area contributed by atoms with E-state index in [0.717, 1.165) is 0 Å². The standard InChI is InChI=1S/C12H13NO4/c1-17-12(16)8-6-11(15)13(7-8)9-2-4-10(14)5-3-9/h2-5,8,14H,6-7H2,1H3/t8-/m0/s1. The average molecular weight is 235 g/mol. The van der Waals surface area contributed by atoms with E-state index in [4.69, 9.17) is 5.11 Å². The Morgan fingerprint density at radius 3 is 2.65 bits per heavy atom. The lowest BCUT2D eigenvalue weighted by molar-refractivity contribution is -0.145. The first-order valence-electron chi connectivity index (χ1n) is 5.29. The molecule has 17 heavy (non-hydrogen) atoms. The summed E-state index contributed by atoms with van der Waals surface area (Å²) in [6.07, 6.45) is 0.174. The van der Waals surface area contributed by atoms with Gasteiger partial charge in [-0.1, -0.05) is 0 Å². The quantitative estimate of drug-likeness (QED) is 0.774. The van der Waals surface area contributed by atoms with Crippen molar-refractivity contribution in [1.29, 1.82) is 0 Å². The minimum absolute atomic E-state index is 0.105. The number of nitrogens with zero attached hydrogens (tertiary/aromatic N) is 1. The van der Waals surface area contributed by atoms with Crippen LogP contribution in [0.2, 0.25) is 0 Å². The first kappa shape index (κ1) is 11.4. The lowest BCUT2D eigenvalue weighted by Gasteiger charge is -2.16. The maximum absolute atomic E-state index is 11.7. The van der Waals surface area contributed by atoms with E-state index in [-0.39, 0.29) is 24.0 Å². The fraction of sp³-hybridized carbons (Fsp3) is 0.333. The summed E-state index contributed by atoms with van der Waals surface area (Å²) in [5, 5.41) is 9.17. The predicted octanol–water partition coefficient (Wildman–Crippen LogP) is 0.918. The smallest absolute Gasteiger partial charge is 0.311 e. The van der Waals surface area contributed by atoms with Gasteiger partial charge in [0.1, 0.15) is 5.75 Å². The third kappa shape index (κ3) is 2.22. The van der Waals surface area contributed by atoms with Gasteiger partial charge in [-0.2, -0.15) is 0 Å². The number of aromatic hydroxyl groups is 1. The molecule has 5 heteroatoms. The van der Waals surface area contributed by atoms with Crippen molar-refractivity contribution in [2.45, 2.75) is 6.42 Å². The molecule has 0 saturated carbocycles. The zero-order valence-corrected chi connectivity index (χ0v) is 9.42. The number of hydrogen-bond donors (Lipinski definition) is 1. The van der Waals surface area contributed by atoms with Gasteiger partial charge in [0.2, 0.25) is 5.91 Å². The lowest BCUT2D eigenvalue weighted by atomic mass is 10.1. The van der Waals surface area contributed by atoms with Gasteiger partial charge < -0.3 is 14.7 Å². The Morgan fingerprint density at radius 2 is 2.06 bits per heavy atom. The van der Waals surface area contributed by atoms with Crippen LogP contribution in [0.25, 0.3) is 0 Å². The highest BCUT2D eigenvalue weighted by atomic mass is 16.5. The summed E-state index contributed by atoms with van der Waals surface area (Å²) in [5.41, 5.74) is 0.680. The summed E-state index contributed by atoms with van der Waals surface area (Å²) in [5.74, 6) is -0.725. The van der Waals surface area contributed by atoms with Crippen LogP contribution in [0.5, 0.6) is 5.75 Å². The molecular weight excluding hydrogens is 222 g/mol. The Kier molecular flexibility index (Phi) is 2.99. The third-order valence-corrected chi connectivity index (χ3v) is 2.82. The van der Waals surface area contributed by atoms with Gasteiger partial charge >= 0.3 is 5.97 Å². The number of anilines is 1. The second kappa shape index (κ2) is 4.45. The number of carbonyl (C=O) groups excluding carboxylic acids is 2. The van der Waals surface area contributed by atoms with Crippen LogP contribution in [0.3, 0.4) is 0 Å². The second-order valence-corrected chi connectivity index (χ2v) is 3.94. The summed E-state index contributed by atoms with van der Waals surface area (Å²) in [6.45, 7) is 0.330. The molecule has 0 spiro atoms. The van der Waals surface area contributed by atoms with E-state index in [0.29, 0.717) is 12.2 Å². The van der Waals surface area contributed by atoms with Crippen LogP contribution < -0.4 is 4.90 Å². The van der Waals surface area contributed by atoms with Gasteiger partial charge in [-0.15, -0.1) is 0 Å². The highest BCUT2D eigenvalue weighted by Gasteiger charge is 2.35. The fourth-order valence-corrected chi connectivity index (χ4v) is 1.91. The van der Waals surface area contributed by atoms with E-state index in [2.05, 4.69) is 4.74 Å². The fourth-order valence-electron chi connectivity index (χ4n) is 1.91. The average Bonchev–Trinajstić information content (AvgIpc) is 2.71. The predicted molar refractivity (Wildman–Crippen MR) is 60.6 cm³/mol. The van der Waals surface area contributed by atoms with Crippen LogP contribution in [-0.2, 0) is 14.3 Å². The molecule has 1 aromatic rings. The number of phenolic OH excluding ortho intramolecular Hbond substituents is 1. The van der Waals surface area contributed by atoms with Gasteiger partial charge in [-0.3, -0.25) is 9.59 Å². The Balaban J connectivity index is 2.15. The molecule has 0 aliphatic carbocycles. The molecule has 0 unspecified atom stereocenters.